The Balaban J connectivity index is 0. The van der Waals surface area contributed by atoms with Gasteiger partial charge in [-0.15, -0.1) is 0 Å². The van der Waals surface area contributed by atoms with Gasteiger partial charge in [-0.05, 0) is 19.0 Å². The summed E-state index contributed by atoms with van der Waals surface area (Å²) in [6.45, 7) is 8.89. The Morgan fingerprint density at radius 2 is 1.45 bits per heavy atom. The predicted octanol–water partition coefficient (Wildman–Crippen LogP) is 2.23. The van der Waals surface area contributed by atoms with Crippen molar-refractivity contribution in [1.82, 2.24) is 5.32 Å². The summed E-state index contributed by atoms with van der Waals surface area (Å²) in [6.07, 6.45) is 4.86. The van der Waals surface area contributed by atoms with Crippen molar-refractivity contribution in [3.8, 4) is 0 Å². The van der Waals surface area contributed by atoms with E-state index in [1.807, 2.05) is 0 Å². The van der Waals surface area contributed by atoms with Gasteiger partial charge in [-0.1, -0.05) is 20.8 Å². The normalized spacial score (nSPS) is 16.4. The van der Waals surface area contributed by atoms with Crippen molar-refractivity contribution < 1.29 is 20.4 Å². The van der Waals surface area contributed by atoms with Crippen LogP contribution in [0.25, 0.3) is 0 Å². The maximum atomic E-state index is 3.25. The molecule has 2 heteroatoms. The number of nitrogens with one attached hydrogen (secondary N) is 1. The molecule has 0 unspecified atom stereocenters. The number of hydrogen-bond donors (Lipinski definition) is 1. The fourth-order valence-electron chi connectivity index (χ4n) is 0.678. The van der Waals surface area contributed by atoms with Gasteiger partial charge in [-0.3, -0.25) is 0 Å². The van der Waals surface area contributed by atoms with E-state index in [0.29, 0.717) is 0 Å². The van der Waals surface area contributed by atoms with Crippen LogP contribution in [0, 0.1) is 12.3 Å². The van der Waals surface area contributed by atoms with Crippen molar-refractivity contribution in [2.24, 2.45) is 5.92 Å². The molecule has 1 radical (unpaired) electrons. The third kappa shape index (κ3) is 18.0. The summed E-state index contributed by atoms with van der Waals surface area (Å²) in [5.41, 5.74) is 0. The van der Waals surface area contributed by atoms with Gasteiger partial charge in [-0.25, -0.2) is 0 Å². The first-order valence-electron chi connectivity index (χ1n) is 4.26. The second-order valence-corrected chi connectivity index (χ2v) is 3.35. The largest absolute Gasteiger partial charge is 0.326 e. The number of piperidine rings is 1. The molecule has 1 aliphatic rings. The zero-order valence-corrected chi connectivity index (χ0v) is 10.6. The third-order valence-corrected chi connectivity index (χ3v) is 1.05. The first-order valence-corrected chi connectivity index (χ1v) is 4.26. The Morgan fingerprint density at radius 1 is 1.09 bits per heavy atom. The van der Waals surface area contributed by atoms with Crippen LogP contribution in [0.3, 0.4) is 0 Å². The van der Waals surface area contributed by atoms with Crippen LogP contribution in [0.2, 0.25) is 0 Å². The molecular formula is C9H20NRe-. The summed E-state index contributed by atoms with van der Waals surface area (Å²) in [5, 5.41) is 3.25. The smallest absolute Gasteiger partial charge is 0 e. The fourth-order valence-corrected chi connectivity index (χ4v) is 0.678. The molecule has 1 heterocycles. The van der Waals surface area contributed by atoms with Crippen LogP contribution in [-0.4, -0.2) is 13.1 Å². The first kappa shape index (κ1) is 14.2. The molecule has 0 amide bonds. The molecule has 1 saturated heterocycles. The van der Waals surface area contributed by atoms with E-state index < -0.39 is 0 Å². The van der Waals surface area contributed by atoms with Gasteiger partial charge in [0.05, 0.1) is 0 Å². The fraction of sp³-hybridized carbons (Fsp3) is 0.889. The van der Waals surface area contributed by atoms with Crippen LogP contribution in [0.15, 0.2) is 0 Å². The van der Waals surface area contributed by atoms with Gasteiger partial charge in [0.15, 0.2) is 0 Å². The van der Waals surface area contributed by atoms with Crippen molar-refractivity contribution in [3.05, 3.63) is 6.42 Å². The molecule has 0 spiro atoms. The van der Waals surface area contributed by atoms with Crippen LogP contribution in [-0.2, 0) is 20.4 Å². The van der Waals surface area contributed by atoms with E-state index in [1.165, 1.54) is 25.9 Å². The Labute approximate surface area is 85.0 Å². The molecular weight excluding hydrogens is 308 g/mol. The van der Waals surface area contributed by atoms with E-state index >= 15 is 0 Å². The Kier molecular flexibility index (Phi) is 13.7. The van der Waals surface area contributed by atoms with Crippen molar-refractivity contribution in [2.45, 2.75) is 33.6 Å². The van der Waals surface area contributed by atoms with E-state index in [9.17, 15) is 0 Å². The zero-order chi connectivity index (χ0) is 7.82. The molecule has 11 heavy (non-hydrogen) atoms. The average Bonchev–Trinajstić information content (AvgIpc) is 1.90. The quantitative estimate of drug-likeness (QED) is 0.673. The Morgan fingerprint density at radius 3 is 1.55 bits per heavy atom. The second-order valence-electron chi connectivity index (χ2n) is 3.35. The van der Waals surface area contributed by atoms with Gasteiger partial charge in [0.25, 0.3) is 0 Å². The van der Waals surface area contributed by atoms with E-state index in [1.54, 1.807) is 0 Å². The minimum Gasteiger partial charge on any atom is -0.326 e. The third-order valence-electron chi connectivity index (χ3n) is 1.05. The van der Waals surface area contributed by atoms with E-state index in [-0.39, 0.29) is 20.4 Å². The molecule has 0 aromatic rings. The Bertz CT molecular complexity index is 46.3. The standard InChI is InChI=1S/C5H10N.C4H10.Re/c1-2-4-6-5-3-1;1-4(2)3;/h1,6H,2-5H2;4H,1-3H3;/q-1;;. The van der Waals surface area contributed by atoms with E-state index in [4.69, 9.17) is 0 Å². The summed E-state index contributed by atoms with van der Waals surface area (Å²) in [7, 11) is 0. The number of rotatable bonds is 0. The molecule has 0 saturated carbocycles. The summed E-state index contributed by atoms with van der Waals surface area (Å²) in [4.78, 5) is 0. The van der Waals surface area contributed by atoms with Crippen LogP contribution in [0.1, 0.15) is 33.6 Å². The van der Waals surface area contributed by atoms with Gasteiger partial charge in [0.2, 0.25) is 0 Å². The van der Waals surface area contributed by atoms with Gasteiger partial charge < -0.3 is 11.7 Å². The van der Waals surface area contributed by atoms with Crippen molar-refractivity contribution in [2.75, 3.05) is 13.1 Å². The predicted molar refractivity (Wildman–Crippen MR) is 46.9 cm³/mol. The molecule has 0 aliphatic carbocycles. The maximum Gasteiger partial charge on any atom is 0 e. The van der Waals surface area contributed by atoms with Gasteiger partial charge in [-0.2, -0.15) is 12.8 Å². The molecule has 0 bridgehead atoms. The molecule has 0 aromatic heterocycles. The summed E-state index contributed by atoms with van der Waals surface area (Å²) in [6, 6.07) is 0. The first-order chi connectivity index (χ1) is 4.73. The minimum atomic E-state index is 0. The van der Waals surface area contributed by atoms with Gasteiger partial charge in [0.1, 0.15) is 0 Å². The van der Waals surface area contributed by atoms with Gasteiger partial charge >= 0.3 is 0 Å². The second kappa shape index (κ2) is 10.6. The Hall–Kier alpha value is 0.622. The number of hydrogen-bond acceptors (Lipinski definition) is 1. The summed E-state index contributed by atoms with van der Waals surface area (Å²) in [5.74, 6) is 0.833. The van der Waals surface area contributed by atoms with E-state index in [0.717, 1.165) is 5.92 Å². The molecule has 1 aliphatic heterocycles. The minimum absolute atomic E-state index is 0. The van der Waals surface area contributed by atoms with Crippen LogP contribution in [0.4, 0.5) is 0 Å². The van der Waals surface area contributed by atoms with Gasteiger partial charge in [0, 0.05) is 20.4 Å². The van der Waals surface area contributed by atoms with Crippen LogP contribution < -0.4 is 5.32 Å². The topological polar surface area (TPSA) is 12.0 Å². The SMILES string of the molecule is CC(C)C.[CH-]1CCNCC1.[Re]. The van der Waals surface area contributed by atoms with Crippen molar-refractivity contribution in [3.63, 3.8) is 0 Å². The average molecular weight is 328 g/mol. The molecule has 0 atom stereocenters. The van der Waals surface area contributed by atoms with Crippen molar-refractivity contribution >= 4 is 0 Å². The summed E-state index contributed by atoms with van der Waals surface area (Å²) < 4.78 is 0. The van der Waals surface area contributed by atoms with Crippen LogP contribution in [0.5, 0.6) is 0 Å². The zero-order valence-electron chi connectivity index (χ0n) is 7.86. The molecule has 1 nitrogen and oxygen atoms in total. The monoisotopic (exact) mass is 329 g/mol. The van der Waals surface area contributed by atoms with E-state index in [2.05, 4.69) is 32.5 Å². The van der Waals surface area contributed by atoms with Crippen molar-refractivity contribution in [1.29, 1.82) is 0 Å². The van der Waals surface area contributed by atoms with Crippen LogP contribution >= 0.6 is 0 Å². The maximum absolute atomic E-state index is 3.25. The molecule has 1 fully saturated rings. The summed E-state index contributed by atoms with van der Waals surface area (Å²) >= 11 is 0. The molecule has 69 valence electrons. The molecule has 1 rings (SSSR count). The molecule has 1 N–H and O–H groups in total. The molecule has 0 aromatic carbocycles.